The Morgan fingerprint density at radius 2 is 0.893 bits per heavy atom. The maximum Gasteiger partial charge on any atom is 0.114 e. The first-order valence-electron chi connectivity index (χ1n) is 8.65. The van der Waals surface area contributed by atoms with E-state index in [2.05, 4.69) is 43.6 Å². The van der Waals surface area contributed by atoms with E-state index in [0.29, 0.717) is 11.4 Å². The van der Waals surface area contributed by atoms with Crippen LogP contribution >= 0.6 is 0 Å². The van der Waals surface area contributed by atoms with Crippen molar-refractivity contribution in [1.82, 2.24) is 19.9 Å². The van der Waals surface area contributed by atoms with Gasteiger partial charge in [-0.05, 0) is 60.4 Å². The zero-order valence-electron chi connectivity index (χ0n) is 14.9. The van der Waals surface area contributed by atoms with Gasteiger partial charge in [-0.3, -0.25) is 9.97 Å². The highest BCUT2D eigenvalue weighted by Crippen LogP contribution is 2.15. The summed E-state index contributed by atoms with van der Waals surface area (Å²) in [5.41, 5.74) is 4.68. The first-order chi connectivity index (χ1) is 13.9. The van der Waals surface area contributed by atoms with Crippen molar-refractivity contribution < 1.29 is 0 Å². The second-order valence-electron chi connectivity index (χ2n) is 5.79. The standard InChI is InChI=1S/C24H14N4/c1-3-21(9-7-19-11-15-25-16-12-19)27-23(5-1)24-6-2-4-22(28-24)10-8-20-13-17-26-18-14-20/h1-6,11-18H. The van der Waals surface area contributed by atoms with E-state index in [9.17, 15) is 0 Å². The average Bonchev–Trinajstić information content (AvgIpc) is 2.78. The van der Waals surface area contributed by atoms with Gasteiger partial charge in [0.25, 0.3) is 0 Å². The van der Waals surface area contributed by atoms with Crippen molar-refractivity contribution in [1.29, 1.82) is 0 Å². The average molecular weight is 358 g/mol. The molecule has 4 heteroatoms. The Hall–Kier alpha value is -4.28. The molecular weight excluding hydrogens is 344 g/mol. The molecule has 4 rings (SSSR count). The Balaban J connectivity index is 1.60. The molecule has 4 heterocycles. The van der Waals surface area contributed by atoms with Crippen molar-refractivity contribution in [2.24, 2.45) is 0 Å². The molecule has 4 aromatic rings. The molecular formula is C24H14N4. The second kappa shape index (κ2) is 8.40. The van der Waals surface area contributed by atoms with E-state index in [-0.39, 0.29) is 0 Å². The van der Waals surface area contributed by atoms with Crippen LogP contribution in [0.2, 0.25) is 0 Å². The minimum Gasteiger partial charge on any atom is -0.265 e. The van der Waals surface area contributed by atoms with E-state index in [0.717, 1.165) is 22.5 Å². The van der Waals surface area contributed by atoms with Gasteiger partial charge in [0.15, 0.2) is 0 Å². The molecule has 0 aromatic carbocycles. The van der Waals surface area contributed by atoms with Gasteiger partial charge in [0.1, 0.15) is 11.4 Å². The van der Waals surface area contributed by atoms with Crippen LogP contribution in [0, 0.1) is 23.7 Å². The van der Waals surface area contributed by atoms with Gasteiger partial charge in [0.05, 0.1) is 11.4 Å². The van der Waals surface area contributed by atoms with Crippen LogP contribution in [0.5, 0.6) is 0 Å². The lowest BCUT2D eigenvalue weighted by atomic mass is 10.2. The minimum absolute atomic E-state index is 0.685. The molecule has 0 radical (unpaired) electrons. The Morgan fingerprint density at radius 1 is 0.464 bits per heavy atom. The number of pyridine rings is 4. The highest BCUT2D eigenvalue weighted by Gasteiger charge is 2.02. The van der Waals surface area contributed by atoms with Crippen LogP contribution in [0.15, 0.2) is 85.5 Å². The van der Waals surface area contributed by atoms with Crippen molar-refractivity contribution >= 4 is 0 Å². The topological polar surface area (TPSA) is 51.6 Å². The van der Waals surface area contributed by atoms with E-state index in [1.165, 1.54) is 0 Å². The molecule has 0 aliphatic heterocycles. The summed E-state index contributed by atoms with van der Waals surface area (Å²) in [5, 5.41) is 0. The van der Waals surface area contributed by atoms with Crippen LogP contribution in [0.4, 0.5) is 0 Å². The number of hydrogen-bond acceptors (Lipinski definition) is 4. The summed E-state index contributed by atoms with van der Waals surface area (Å²) in [5.74, 6) is 12.3. The number of nitrogens with zero attached hydrogens (tertiary/aromatic N) is 4. The van der Waals surface area contributed by atoms with Crippen LogP contribution in [0.1, 0.15) is 22.5 Å². The lowest BCUT2D eigenvalue weighted by Crippen LogP contribution is -1.92. The molecule has 28 heavy (non-hydrogen) atoms. The van der Waals surface area contributed by atoms with Crippen molar-refractivity contribution in [3.8, 4) is 35.1 Å². The Kier molecular flexibility index (Phi) is 5.15. The summed E-state index contributed by atoms with van der Waals surface area (Å²) >= 11 is 0. The lowest BCUT2D eigenvalue weighted by molar-refractivity contribution is 1.21. The van der Waals surface area contributed by atoms with E-state index < -0.39 is 0 Å². The van der Waals surface area contributed by atoms with E-state index >= 15 is 0 Å². The Morgan fingerprint density at radius 3 is 1.32 bits per heavy atom. The highest BCUT2D eigenvalue weighted by molar-refractivity contribution is 5.57. The van der Waals surface area contributed by atoms with Gasteiger partial charge in [-0.15, -0.1) is 0 Å². The summed E-state index contributed by atoms with van der Waals surface area (Å²) in [6, 6.07) is 18.9. The third kappa shape index (κ3) is 4.46. The van der Waals surface area contributed by atoms with E-state index in [1.807, 2.05) is 60.7 Å². The molecule has 0 amide bonds. The van der Waals surface area contributed by atoms with E-state index in [4.69, 9.17) is 0 Å². The molecule has 0 aliphatic carbocycles. The molecule has 0 unspecified atom stereocenters. The first kappa shape index (κ1) is 17.1. The molecule has 4 nitrogen and oxygen atoms in total. The predicted molar refractivity (Wildman–Crippen MR) is 108 cm³/mol. The van der Waals surface area contributed by atoms with Gasteiger partial charge in [0.2, 0.25) is 0 Å². The molecule has 4 aromatic heterocycles. The normalized spacial score (nSPS) is 9.57. The highest BCUT2D eigenvalue weighted by atomic mass is 14.8. The minimum atomic E-state index is 0.685. The SMILES string of the molecule is C(#Cc1cccc(-c2cccc(C#Cc3ccncc3)n2)n1)c1ccncc1. The number of aromatic nitrogens is 4. The maximum atomic E-state index is 4.61. The molecule has 0 saturated carbocycles. The third-order valence-corrected chi connectivity index (χ3v) is 3.79. The molecule has 0 aliphatic rings. The molecule has 0 fully saturated rings. The first-order valence-corrected chi connectivity index (χ1v) is 8.65. The van der Waals surface area contributed by atoms with Crippen molar-refractivity contribution in [3.05, 3.63) is 108 Å². The summed E-state index contributed by atoms with van der Waals surface area (Å²) in [7, 11) is 0. The van der Waals surface area contributed by atoms with Crippen molar-refractivity contribution in [2.75, 3.05) is 0 Å². The summed E-state index contributed by atoms with van der Waals surface area (Å²) in [4.78, 5) is 17.2. The van der Waals surface area contributed by atoms with Gasteiger partial charge >= 0.3 is 0 Å². The van der Waals surface area contributed by atoms with Crippen LogP contribution < -0.4 is 0 Å². The largest absolute Gasteiger partial charge is 0.265 e. The summed E-state index contributed by atoms with van der Waals surface area (Å²) in [6.07, 6.45) is 6.87. The van der Waals surface area contributed by atoms with Crippen molar-refractivity contribution in [3.63, 3.8) is 0 Å². The van der Waals surface area contributed by atoms with Gasteiger partial charge < -0.3 is 0 Å². The molecule has 0 N–H and O–H groups in total. The third-order valence-electron chi connectivity index (χ3n) is 3.79. The molecule has 130 valence electrons. The summed E-state index contributed by atoms with van der Waals surface area (Å²) in [6.45, 7) is 0. The zero-order chi connectivity index (χ0) is 19.0. The molecule has 0 atom stereocenters. The number of hydrogen-bond donors (Lipinski definition) is 0. The Labute approximate surface area is 163 Å². The fourth-order valence-corrected chi connectivity index (χ4v) is 2.44. The van der Waals surface area contributed by atoms with E-state index in [1.54, 1.807) is 24.8 Å². The Bertz CT molecular complexity index is 1110. The van der Waals surface area contributed by atoms with Crippen LogP contribution in [0.25, 0.3) is 11.4 Å². The lowest BCUT2D eigenvalue weighted by Gasteiger charge is -2.01. The zero-order valence-corrected chi connectivity index (χ0v) is 14.9. The van der Waals surface area contributed by atoms with Crippen LogP contribution in [0.3, 0.4) is 0 Å². The van der Waals surface area contributed by atoms with Gasteiger partial charge in [-0.2, -0.15) is 0 Å². The van der Waals surface area contributed by atoms with Crippen LogP contribution in [-0.4, -0.2) is 19.9 Å². The van der Waals surface area contributed by atoms with Gasteiger partial charge in [-0.25, -0.2) is 9.97 Å². The van der Waals surface area contributed by atoms with Gasteiger partial charge in [-0.1, -0.05) is 24.0 Å². The second-order valence-corrected chi connectivity index (χ2v) is 5.79. The fourth-order valence-electron chi connectivity index (χ4n) is 2.44. The molecule has 0 spiro atoms. The smallest absolute Gasteiger partial charge is 0.114 e. The fraction of sp³-hybridized carbons (Fsp3) is 0. The predicted octanol–water partition coefficient (Wildman–Crippen LogP) is 3.73. The monoisotopic (exact) mass is 358 g/mol. The number of rotatable bonds is 1. The van der Waals surface area contributed by atoms with Crippen molar-refractivity contribution in [2.45, 2.75) is 0 Å². The summed E-state index contributed by atoms with van der Waals surface area (Å²) < 4.78 is 0. The molecule has 0 bridgehead atoms. The quantitative estimate of drug-likeness (QED) is 0.487. The van der Waals surface area contributed by atoms with Crippen LogP contribution in [-0.2, 0) is 0 Å². The molecule has 0 saturated heterocycles. The maximum absolute atomic E-state index is 4.61. The van der Waals surface area contributed by atoms with Gasteiger partial charge in [0, 0.05) is 35.9 Å².